The first kappa shape index (κ1) is 15.3. The van der Waals surface area contributed by atoms with Crippen LogP contribution in [0.3, 0.4) is 0 Å². The Bertz CT molecular complexity index is 495. The third-order valence-corrected chi connectivity index (χ3v) is 2.87. The number of ketones is 1. The van der Waals surface area contributed by atoms with E-state index in [1.54, 1.807) is 0 Å². The van der Waals surface area contributed by atoms with Crippen molar-refractivity contribution in [2.75, 3.05) is 0 Å². The van der Waals surface area contributed by atoms with Gasteiger partial charge < -0.3 is 10.2 Å². The average Bonchev–Trinajstić information content (AvgIpc) is 2.27. The van der Waals surface area contributed by atoms with Gasteiger partial charge in [0, 0.05) is 12.0 Å². The third-order valence-electron chi connectivity index (χ3n) is 2.87. The number of allylic oxidation sites excluding steroid dienone is 2. The van der Waals surface area contributed by atoms with Gasteiger partial charge in [-0.15, -0.1) is 0 Å². The highest BCUT2D eigenvalue weighted by molar-refractivity contribution is 5.99. The molecule has 0 aromatic heterocycles. The molecule has 2 N–H and O–H groups in total. The first-order valence-corrected chi connectivity index (χ1v) is 6.53. The summed E-state index contributed by atoms with van der Waals surface area (Å²) in [5, 5.41) is 19.9. The fourth-order valence-electron chi connectivity index (χ4n) is 1.84. The van der Waals surface area contributed by atoms with Gasteiger partial charge >= 0.3 is 0 Å². The SMILES string of the molecule is CC(C)=CCc1c(O)ccc(C(=O)CC(C)C)c1O. The highest BCUT2D eigenvalue weighted by Gasteiger charge is 2.17. The lowest BCUT2D eigenvalue weighted by Crippen LogP contribution is -2.05. The minimum atomic E-state index is -0.0943. The van der Waals surface area contributed by atoms with Gasteiger partial charge in [-0.2, -0.15) is 0 Å². The summed E-state index contributed by atoms with van der Waals surface area (Å²) in [4.78, 5) is 12.0. The molecule has 1 aromatic carbocycles. The number of aromatic hydroxyl groups is 2. The van der Waals surface area contributed by atoms with Gasteiger partial charge in [0.2, 0.25) is 0 Å². The van der Waals surface area contributed by atoms with Crippen LogP contribution in [0.4, 0.5) is 0 Å². The van der Waals surface area contributed by atoms with E-state index in [0.29, 0.717) is 24.0 Å². The zero-order chi connectivity index (χ0) is 14.6. The van der Waals surface area contributed by atoms with E-state index in [4.69, 9.17) is 0 Å². The van der Waals surface area contributed by atoms with Gasteiger partial charge in [0.15, 0.2) is 5.78 Å². The van der Waals surface area contributed by atoms with Crippen LogP contribution >= 0.6 is 0 Å². The van der Waals surface area contributed by atoms with Crippen molar-refractivity contribution in [3.8, 4) is 11.5 Å². The minimum absolute atomic E-state index is 0.0242. The molecule has 0 amide bonds. The molecule has 0 aliphatic rings. The molecule has 0 aliphatic carbocycles. The third kappa shape index (κ3) is 4.12. The Morgan fingerprint density at radius 3 is 2.42 bits per heavy atom. The van der Waals surface area contributed by atoms with E-state index < -0.39 is 0 Å². The second-order valence-electron chi connectivity index (χ2n) is 5.47. The first-order valence-electron chi connectivity index (χ1n) is 6.53. The van der Waals surface area contributed by atoms with Crippen LogP contribution in [0.1, 0.15) is 50.0 Å². The van der Waals surface area contributed by atoms with Crippen LogP contribution in [-0.2, 0) is 6.42 Å². The molecule has 0 heterocycles. The molecule has 3 nitrogen and oxygen atoms in total. The Labute approximate surface area is 114 Å². The van der Waals surface area contributed by atoms with Crippen molar-refractivity contribution in [2.24, 2.45) is 5.92 Å². The van der Waals surface area contributed by atoms with Crippen molar-refractivity contribution in [3.63, 3.8) is 0 Å². The van der Waals surface area contributed by atoms with Gasteiger partial charge in [0.25, 0.3) is 0 Å². The number of hydrogen-bond acceptors (Lipinski definition) is 3. The molecule has 19 heavy (non-hydrogen) atoms. The van der Waals surface area contributed by atoms with E-state index in [1.165, 1.54) is 12.1 Å². The van der Waals surface area contributed by atoms with Crippen LogP contribution in [0.5, 0.6) is 11.5 Å². The number of carbonyl (C=O) groups excluding carboxylic acids is 1. The first-order chi connectivity index (χ1) is 8.82. The van der Waals surface area contributed by atoms with Gasteiger partial charge in [-0.25, -0.2) is 0 Å². The summed E-state index contributed by atoms with van der Waals surface area (Å²) in [6.07, 6.45) is 2.72. The molecule has 0 bridgehead atoms. The molecule has 0 aliphatic heterocycles. The second kappa shape index (κ2) is 6.41. The number of benzene rings is 1. The topological polar surface area (TPSA) is 57.5 Å². The van der Waals surface area contributed by atoms with E-state index in [9.17, 15) is 15.0 Å². The molecule has 0 unspecified atom stereocenters. The molecule has 0 spiro atoms. The van der Waals surface area contributed by atoms with Gasteiger partial charge in [0.1, 0.15) is 11.5 Å². The molecule has 3 heteroatoms. The van der Waals surface area contributed by atoms with E-state index >= 15 is 0 Å². The average molecular weight is 262 g/mol. The van der Waals surface area contributed by atoms with E-state index in [2.05, 4.69) is 0 Å². The molecule has 0 atom stereocenters. The van der Waals surface area contributed by atoms with Crippen molar-refractivity contribution in [3.05, 3.63) is 34.9 Å². The Hall–Kier alpha value is -1.77. The highest BCUT2D eigenvalue weighted by atomic mass is 16.3. The van der Waals surface area contributed by atoms with Gasteiger partial charge in [-0.3, -0.25) is 4.79 Å². The van der Waals surface area contributed by atoms with Crippen LogP contribution in [0.25, 0.3) is 0 Å². The lowest BCUT2D eigenvalue weighted by atomic mass is 9.96. The van der Waals surface area contributed by atoms with Crippen molar-refractivity contribution in [2.45, 2.75) is 40.5 Å². The summed E-state index contributed by atoms with van der Waals surface area (Å²) < 4.78 is 0. The number of phenols is 2. The zero-order valence-electron chi connectivity index (χ0n) is 12.0. The van der Waals surface area contributed by atoms with Crippen molar-refractivity contribution in [1.82, 2.24) is 0 Å². The highest BCUT2D eigenvalue weighted by Crippen LogP contribution is 2.32. The summed E-state index contributed by atoms with van der Waals surface area (Å²) in [7, 11) is 0. The van der Waals surface area contributed by atoms with Crippen molar-refractivity contribution in [1.29, 1.82) is 0 Å². The molecular formula is C16H22O3. The Kier molecular flexibility index (Phi) is 5.16. The van der Waals surface area contributed by atoms with Crippen LogP contribution in [0, 0.1) is 5.92 Å². The summed E-state index contributed by atoms with van der Waals surface area (Å²) in [5.41, 5.74) is 1.80. The Balaban J connectivity index is 3.12. The quantitative estimate of drug-likeness (QED) is 0.626. The zero-order valence-corrected chi connectivity index (χ0v) is 12.0. The van der Waals surface area contributed by atoms with Crippen LogP contribution in [-0.4, -0.2) is 16.0 Å². The summed E-state index contributed by atoms with van der Waals surface area (Å²) in [5.74, 6) is 0.0760. The normalized spacial score (nSPS) is 10.6. The van der Waals surface area contributed by atoms with E-state index in [1.807, 2.05) is 33.8 Å². The maximum Gasteiger partial charge on any atom is 0.166 e. The molecule has 104 valence electrons. The molecule has 0 saturated carbocycles. The second-order valence-corrected chi connectivity index (χ2v) is 5.47. The molecule has 0 fully saturated rings. The number of rotatable bonds is 5. The standard InChI is InChI=1S/C16H22O3/c1-10(2)5-6-12-14(17)8-7-13(16(12)19)15(18)9-11(3)4/h5,7-8,11,17,19H,6,9H2,1-4H3. The predicted octanol–water partition coefficient (Wildman–Crippen LogP) is 3.84. The number of phenolic OH excluding ortho intramolecular Hbond substituents is 2. The summed E-state index contributed by atoms with van der Waals surface area (Å²) in [6.45, 7) is 7.81. The number of carbonyl (C=O) groups is 1. The molecular weight excluding hydrogens is 240 g/mol. The minimum Gasteiger partial charge on any atom is -0.508 e. The number of hydrogen-bond donors (Lipinski definition) is 2. The number of Topliss-reactive ketones (excluding diaryl/α,β-unsaturated/α-hetero) is 1. The van der Waals surface area contributed by atoms with Crippen LogP contribution in [0.15, 0.2) is 23.8 Å². The Morgan fingerprint density at radius 1 is 1.26 bits per heavy atom. The van der Waals surface area contributed by atoms with E-state index in [-0.39, 0.29) is 23.2 Å². The molecule has 0 saturated heterocycles. The smallest absolute Gasteiger partial charge is 0.166 e. The van der Waals surface area contributed by atoms with Gasteiger partial charge in [-0.05, 0) is 38.3 Å². The fraction of sp³-hybridized carbons (Fsp3) is 0.438. The lowest BCUT2D eigenvalue weighted by Gasteiger charge is -2.11. The van der Waals surface area contributed by atoms with Crippen molar-refractivity contribution >= 4 is 5.78 Å². The van der Waals surface area contributed by atoms with Crippen LogP contribution < -0.4 is 0 Å². The monoisotopic (exact) mass is 262 g/mol. The largest absolute Gasteiger partial charge is 0.508 e. The summed E-state index contributed by atoms with van der Waals surface area (Å²) in [6, 6.07) is 2.96. The Morgan fingerprint density at radius 2 is 1.89 bits per heavy atom. The summed E-state index contributed by atoms with van der Waals surface area (Å²) >= 11 is 0. The van der Waals surface area contributed by atoms with Gasteiger partial charge in [0.05, 0.1) is 5.56 Å². The maximum atomic E-state index is 12.0. The van der Waals surface area contributed by atoms with Crippen molar-refractivity contribution < 1.29 is 15.0 Å². The van der Waals surface area contributed by atoms with Gasteiger partial charge in [-0.1, -0.05) is 25.5 Å². The predicted molar refractivity (Wildman–Crippen MR) is 76.7 cm³/mol. The lowest BCUT2D eigenvalue weighted by molar-refractivity contribution is 0.0965. The molecule has 1 rings (SSSR count). The maximum absolute atomic E-state index is 12.0. The van der Waals surface area contributed by atoms with Crippen LogP contribution in [0.2, 0.25) is 0 Å². The fourth-order valence-corrected chi connectivity index (χ4v) is 1.84. The van der Waals surface area contributed by atoms with E-state index in [0.717, 1.165) is 5.57 Å². The molecule has 0 radical (unpaired) electrons. The molecule has 1 aromatic rings.